The van der Waals surface area contributed by atoms with Crippen molar-refractivity contribution in [1.29, 1.82) is 0 Å². The van der Waals surface area contributed by atoms with Crippen LogP contribution in [0.4, 0.5) is 10.5 Å². The minimum atomic E-state index is -1.13. The van der Waals surface area contributed by atoms with E-state index in [2.05, 4.69) is 5.32 Å². The Morgan fingerprint density at radius 1 is 1.38 bits per heavy atom. The fourth-order valence-corrected chi connectivity index (χ4v) is 3.30. The van der Waals surface area contributed by atoms with Gasteiger partial charge in [0.25, 0.3) is 5.91 Å². The van der Waals surface area contributed by atoms with Crippen molar-refractivity contribution >= 4 is 17.7 Å². The molecule has 1 aromatic carbocycles. The van der Waals surface area contributed by atoms with Crippen LogP contribution in [-0.4, -0.2) is 34.1 Å². The normalized spacial score (nSPS) is 24.8. The summed E-state index contributed by atoms with van der Waals surface area (Å²) < 4.78 is 0. The number of nitrogens with two attached hydrogens (primary N) is 1. The van der Waals surface area contributed by atoms with Gasteiger partial charge in [-0.3, -0.25) is 10.1 Å². The number of anilines is 1. The van der Waals surface area contributed by atoms with E-state index in [0.717, 1.165) is 31.2 Å². The number of carbonyl (C=O) groups excluding carboxylic acids is 1. The first-order valence-corrected chi connectivity index (χ1v) is 7.24. The molecule has 3 rings (SSSR count). The van der Waals surface area contributed by atoms with E-state index in [1.54, 1.807) is 12.1 Å². The number of hydrogen-bond acceptors (Lipinski definition) is 3. The Hall–Kier alpha value is -2.08. The number of carboxylic acid groups (broad SMARTS) is 1. The van der Waals surface area contributed by atoms with Gasteiger partial charge in [-0.1, -0.05) is 6.07 Å². The molecule has 4 N–H and O–H groups in total. The Bertz CT molecular complexity index is 588. The van der Waals surface area contributed by atoms with Crippen LogP contribution in [0.15, 0.2) is 18.2 Å². The lowest BCUT2D eigenvalue weighted by Crippen LogP contribution is -2.42. The lowest BCUT2D eigenvalue weighted by atomic mass is 9.90. The van der Waals surface area contributed by atoms with Crippen molar-refractivity contribution in [3.8, 4) is 0 Å². The molecule has 6 nitrogen and oxygen atoms in total. The third-order valence-electron chi connectivity index (χ3n) is 4.32. The van der Waals surface area contributed by atoms with Crippen molar-refractivity contribution in [2.24, 2.45) is 5.73 Å². The first-order valence-electron chi connectivity index (χ1n) is 7.24. The molecule has 1 saturated carbocycles. The topological polar surface area (TPSA) is 95.7 Å². The quantitative estimate of drug-likeness (QED) is 0.776. The molecule has 1 aromatic rings. The average molecular weight is 289 g/mol. The van der Waals surface area contributed by atoms with E-state index in [1.807, 2.05) is 11.0 Å². The highest BCUT2D eigenvalue weighted by atomic mass is 16.4. The van der Waals surface area contributed by atoms with E-state index in [0.29, 0.717) is 17.8 Å². The lowest BCUT2D eigenvalue weighted by Gasteiger charge is -2.33. The van der Waals surface area contributed by atoms with Crippen LogP contribution in [-0.2, 0) is 6.54 Å². The second-order valence-corrected chi connectivity index (χ2v) is 5.82. The van der Waals surface area contributed by atoms with E-state index in [9.17, 15) is 9.59 Å². The molecule has 0 saturated heterocycles. The van der Waals surface area contributed by atoms with Crippen LogP contribution in [0.3, 0.4) is 0 Å². The lowest BCUT2D eigenvalue weighted by molar-refractivity contribution is 0.0650. The minimum Gasteiger partial charge on any atom is -0.465 e. The summed E-state index contributed by atoms with van der Waals surface area (Å²) in [5, 5.41) is 11.0. The van der Waals surface area contributed by atoms with Crippen LogP contribution in [0.25, 0.3) is 0 Å². The van der Waals surface area contributed by atoms with Crippen molar-refractivity contribution in [2.75, 3.05) is 5.32 Å². The van der Waals surface area contributed by atoms with Crippen LogP contribution >= 0.6 is 0 Å². The van der Waals surface area contributed by atoms with Gasteiger partial charge >= 0.3 is 6.09 Å². The highest BCUT2D eigenvalue weighted by Crippen LogP contribution is 2.31. The van der Waals surface area contributed by atoms with Gasteiger partial charge < -0.3 is 15.7 Å². The summed E-state index contributed by atoms with van der Waals surface area (Å²) in [5.74, 6) is -0.0156. The standard InChI is InChI=1S/C15H19N3O3/c16-10-2-1-3-12(6-10)18-8-9-4-5-11(17-15(20)21)7-13(9)14(18)19/h4-5,7,10,12,17H,1-3,6,8,16H2,(H,20,21)/t10-,12+/m1/s1. The Morgan fingerprint density at radius 2 is 2.19 bits per heavy atom. The van der Waals surface area contributed by atoms with Gasteiger partial charge in [0.15, 0.2) is 0 Å². The summed E-state index contributed by atoms with van der Waals surface area (Å²) in [6.07, 6.45) is 2.79. The zero-order chi connectivity index (χ0) is 15.0. The number of hydrogen-bond donors (Lipinski definition) is 3. The van der Waals surface area contributed by atoms with E-state index in [1.165, 1.54) is 0 Å². The third-order valence-corrected chi connectivity index (χ3v) is 4.32. The Balaban J connectivity index is 1.80. The molecule has 21 heavy (non-hydrogen) atoms. The first kappa shape index (κ1) is 13.9. The van der Waals surface area contributed by atoms with E-state index >= 15 is 0 Å². The highest BCUT2D eigenvalue weighted by Gasteiger charge is 2.34. The molecule has 0 aromatic heterocycles. The smallest absolute Gasteiger partial charge is 0.409 e. The van der Waals surface area contributed by atoms with Crippen LogP contribution in [0, 0.1) is 0 Å². The predicted molar refractivity (Wildman–Crippen MR) is 78.2 cm³/mol. The van der Waals surface area contributed by atoms with Gasteiger partial charge in [-0.15, -0.1) is 0 Å². The van der Waals surface area contributed by atoms with Crippen LogP contribution in [0.5, 0.6) is 0 Å². The number of amides is 2. The van der Waals surface area contributed by atoms with Gasteiger partial charge in [0, 0.05) is 29.9 Å². The Morgan fingerprint density at radius 3 is 2.90 bits per heavy atom. The van der Waals surface area contributed by atoms with Gasteiger partial charge in [-0.2, -0.15) is 0 Å². The molecule has 1 heterocycles. The molecule has 0 bridgehead atoms. The molecule has 112 valence electrons. The molecule has 2 atom stereocenters. The molecule has 2 amide bonds. The Kier molecular flexibility index (Phi) is 3.55. The zero-order valence-electron chi connectivity index (χ0n) is 11.7. The van der Waals surface area contributed by atoms with Crippen LogP contribution in [0.1, 0.15) is 41.6 Å². The molecule has 1 aliphatic carbocycles. The summed E-state index contributed by atoms with van der Waals surface area (Å²) in [7, 11) is 0. The Labute approximate surface area is 122 Å². The number of carbonyl (C=O) groups is 2. The number of fused-ring (bicyclic) bond motifs is 1. The molecule has 6 heteroatoms. The number of rotatable bonds is 2. The van der Waals surface area contributed by atoms with Gasteiger partial charge in [-0.05, 0) is 43.4 Å². The minimum absolute atomic E-state index is 0.0156. The molecule has 1 aliphatic heterocycles. The maximum absolute atomic E-state index is 12.6. The molecule has 1 fully saturated rings. The maximum atomic E-state index is 12.6. The second-order valence-electron chi connectivity index (χ2n) is 5.82. The van der Waals surface area contributed by atoms with Crippen LogP contribution < -0.4 is 11.1 Å². The molecular weight excluding hydrogens is 270 g/mol. The number of benzene rings is 1. The van der Waals surface area contributed by atoms with Crippen molar-refractivity contribution in [2.45, 2.75) is 44.3 Å². The monoisotopic (exact) mass is 289 g/mol. The van der Waals surface area contributed by atoms with Crippen molar-refractivity contribution in [3.63, 3.8) is 0 Å². The van der Waals surface area contributed by atoms with E-state index in [-0.39, 0.29) is 18.0 Å². The van der Waals surface area contributed by atoms with Gasteiger partial charge in [-0.25, -0.2) is 4.79 Å². The predicted octanol–water partition coefficient (Wildman–Crippen LogP) is 2.00. The summed E-state index contributed by atoms with van der Waals surface area (Å²) in [5.41, 5.74) is 7.99. The highest BCUT2D eigenvalue weighted by molar-refractivity contribution is 6.00. The molecule has 0 radical (unpaired) electrons. The molecule has 0 spiro atoms. The number of nitrogens with zero attached hydrogens (tertiary/aromatic N) is 1. The maximum Gasteiger partial charge on any atom is 0.409 e. The largest absolute Gasteiger partial charge is 0.465 e. The van der Waals surface area contributed by atoms with Gasteiger partial charge in [0.1, 0.15) is 0 Å². The molecule has 0 unspecified atom stereocenters. The summed E-state index contributed by atoms with van der Waals surface area (Å²) in [6, 6.07) is 5.50. The van der Waals surface area contributed by atoms with Gasteiger partial charge in [0.2, 0.25) is 0 Å². The van der Waals surface area contributed by atoms with E-state index < -0.39 is 6.09 Å². The third kappa shape index (κ3) is 2.71. The first-order chi connectivity index (χ1) is 10.0. The van der Waals surface area contributed by atoms with Crippen molar-refractivity contribution in [1.82, 2.24) is 4.90 Å². The SMILES string of the molecule is N[C@@H]1CCC[C@H](N2Cc3ccc(NC(=O)O)cc3C2=O)C1. The molecular formula is C15H19N3O3. The fraction of sp³-hybridized carbons (Fsp3) is 0.467. The average Bonchev–Trinajstić information content (AvgIpc) is 2.75. The van der Waals surface area contributed by atoms with Gasteiger partial charge in [0.05, 0.1) is 0 Å². The van der Waals surface area contributed by atoms with E-state index in [4.69, 9.17) is 10.8 Å². The second kappa shape index (κ2) is 5.37. The summed E-state index contributed by atoms with van der Waals surface area (Å²) in [6.45, 7) is 0.596. The summed E-state index contributed by atoms with van der Waals surface area (Å²) >= 11 is 0. The fourth-order valence-electron chi connectivity index (χ4n) is 3.30. The molecule has 2 aliphatic rings. The van der Waals surface area contributed by atoms with Crippen molar-refractivity contribution in [3.05, 3.63) is 29.3 Å². The van der Waals surface area contributed by atoms with Crippen LogP contribution in [0.2, 0.25) is 0 Å². The summed E-state index contributed by atoms with van der Waals surface area (Å²) in [4.78, 5) is 25.1. The van der Waals surface area contributed by atoms with Crippen molar-refractivity contribution < 1.29 is 14.7 Å². The number of nitrogens with one attached hydrogen (secondary N) is 1. The zero-order valence-corrected chi connectivity index (χ0v) is 11.7.